The molecule has 1 amide bonds. The van der Waals surface area contributed by atoms with E-state index in [-0.39, 0.29) is 17.1 Å². The highest BCUT2D eigenvalue weighted by Gasteiger charge is 2.18. The molecule has 1 N–H and O–H groups in total. The van der Waals surface area contributed by atoms with Gasteiger partial charge in [0.1, 0.15) is 5.15 Å². The maximum atomic E-state index is 12.0. The Bertz CT molecular complexity index is 377. The van der Waals surface area contributed by atoms with Crippen molar-refractivity contribution < 1.29 is 4.79 Å². The van der Waals surface area contributed by atoms with Gasteiger partial charge >= 0.3 is 0 Å². The topological polar surface area (TPSA) is 42.0 Å². The summed E-state index contributed by atoms with van der Waals surface area (Å²) in [4.78, 5) is 15.9. The predicted molar refractivity (Wildman–Crippen MR) is 70.2 cm³/mol. The molecule has 1 rings (SSSR count). The lowest BCUT2D eigenvalue weighted by Crippen LogP contribution is -2.37. The van der Waals surface area contributed by atoms with Crippen LogP contribution in [0.5, 0.6) is 0 Å². The van der Waals surface area contributed by atoms with Crippen molar-refractivity contribution in [3.8, 4) is 0 Å². The minimum Gasteiger partial charge on any atom is -0.349 e. The summed E-state index contributed by atoms with van der Waals surface area (Å²) in [6.07, 6.45) is 3.68. The van der Waals surface area contributed by atoms with Crippen molar-refractivity contribution in [3.63, 3.8) is 0 Å². The second-order valence-corrected chi connectivity index (χ2v) is 4.54. The summed E-state index contributed by atoms with van der Waals surface area (Å²) in [5.41, 5.74) is 0.437. The summed E-state index contributed by atoms with van der Waals surface area (Å²) < 4.78 is 0. The average molecular weight is 255 g/mol. The van der Waals surface area contributed by atoms with Crippen LogP contribution in [0.3, 0.4) is 0 Å². The van der Waals surface area contributed by atoms with Crippen LogP contribution in [-0.2, 0) is 0 Å². The Labute approximate surface area is 108 Å². The third kappa shape index (κ3) is 3.70. The van der Waals surface area contributed by atoms with Crippen molar-refractivity contribution in [2.45, 2.75) is 39.7 Å². The van der Waals surface area contributed by atoms with E-state index in [0.717, 1.165) is 12.8 Å². The average Bonchev–Trinajstić information content (AvgIpc) is 2.31. The molecule has 1 atom stereocenters. The second kappa shape index (κ2) is 6.60. The van der Waals surface area contributed by atoms with Crippen molar-refractivity contribution in [1.29, 1.82) is 0 Å². The Balaban J connectivity index is 2.70. The number of amides is 1. The van der Waals surface area contributed by atoms with Gasteiger partial charge in [0.15, 0.2) is 0 Å². The molecule has 0 saturated carbocycles. The molecule has 0 aliphatic rings. The predicted octanol–water partition coefficient (Wildman–Crippen LogP) is 3.29. The van der Waals surface area contributed by atoms with Gasteiger partial charge in [-0.15, -0.1) is 0 Å². The zero-order chi connectivity index (χ0) is 12.8. The highest BCUT2D eigenvalue weighted by Crippen LogP contribution is 2.15. The lowest BCUT2D eigenvalue weighted by Gasteiger charge is -2.22. The van der Waals surface area contributed by atoms with E-state index in [1.807, 2.05) is 6.92 Å². The van der Waals surface area contributed by atoms with Crippen LogP contribution in [0.25, 0.3) is 0 Å². The molecular weight excluding hydrogens is 236 g/mol. The first-order valence-electron chi connectivity index (χ1n) is 6.01. The summed E-state index contributed by atoms with van der Waals surface area (Å²) in [5.74, 6) is 0.344. The van der Waals surface area contributed by atoms with Gasteiger partial charge in [-0.05, 0) is 25.0 Å². The van der Waals surface area contributed by atoms with E-state index in [0.29, 0.717) is 11.5 Å². The minimum atomic E-state index is -0.150. The van der Waals surface area contributed by atoms with Crippen LogP contribution in [0, 0.1) is 5.92 Å². The normalized spacial score (nSPS) is 12.5. The number of aromatic nitrogens is 1. The zero-order valence-electron chi connectivity index (χ0n) is 10.5. The summed E-state index contributed by atoms with van der Waals surface area (Å²) >= 11 is 5.88. The molecule has 0 bridgehead atoms. The molecule has 3 nitrogen and oxygen atoms in total. The third-order valence-corrected chi connectivity index (χ3v) is 3.42. The van der Waals surface area contributed by atoms with E-state index in [9.17, 15) is 4.79 Å². The maximum Gasteiger partial charge on any atom is 0.254 e. The highest BCUT2D eigenvalue weighted by molar-refractivity contribution is 6.32. The van der Waals surface area contributed by atoms with E-state index in [4.69, 9.17) is 11.6 Å². The molecule has 0 aliphatic heterocycles. The van der Waals surface area contributed by atoms with E-state index >= 15 is 0 Å². The number of hydrogen-bond acceptors (Lipinski definition) is 2. The molecular formula is C13H19ClN2O. The first-order valence-corrected chi connectivity index (χ1v) is 6.39. The van der Waals surface area contributed by atoms with Gasteiger partial charge in [0.2, 0.25) is 0 Å². The van der Waals surface area contributed by atoms with Gasteiger partial charge in [-0.3, -0.25) is 4.79 Å². The van der Waals surface area contributed by atoms with Crippen LogP contribution in [0.15, 0.2) is 18.3 Å². The van der Waals surface area contributed by atoms with Gasteiger partial charge in [-0.2, -0.15) is 0 Å². The monoisotopic (exact) mass is 254 g/mol. The number of halogens is 1. The third-order valence-electron chi connectivity index (χ3n) is 3.12. The van der Waals surface area contributed by atoms with E-state index in [1.54, 1.807) is 18.3 Å². The molecule has 0 fully saturated rings. The molecule has 1 unspecified atom stereocenters. The molecule has 17 heavy (non-hydrogen) atoms. The van der Waals surface area contributed by atoms with Crippen molar-refractivity contribution in [2.24, 2.45) is 5.92 Å². The number of hydrogen-bond donors (Lipinski definition) is 1. The Kier molecular flexibility index (Phi) is 5.42. The SMILES string of the molecule is CCC(CC)C(C)NC(=O)c1cccnc1Cl. The number of carbonyl (C=O) groups excluding carboxylic acids is 1. The molecule has 1 heterocycles. The van der Waals surface area contributed by atoms with Crippen LogP contribution in [0.1, 0.15) is 44.0 Å². The molecule has 94 valence electrons. The molecule has 0 saturated heterocycles. The van der Waals surface area contributed by atoms with Crippen LogP contribution in [0.2, 0.25) is 5.15 Å². The summed E-state index contributed by atoms with van der Waals surface area (Å²) in [5, 5.41) is 3.23. The zero-order valence-corrected chi connectivity index (χ0v) is 11.3. The van der Waals surface area contributed by atoms with Crippen LogP contribution in [-0.4, -0.2) is 16.9 Å². The van der Waals surface area contributed by atoms with Gasteiger partial charge < -0.3 is 5.32 Å². The smallest absolute Gasteiger partial charge is 0.254 e. The Morgan fingerprint density at radius 1 is 1.47 bits per heavy atom. The molecule has 1 aromatic rings. The number of pyridine rings is 1. The molecule has 1 aromatic heterocycles. The summed E-state index contributed by atoms with van der Waals surface area (Å²) in [6, 6.07) is 3.54. The van der Waals surface area contributed by atoms with E-state index < -0.39 is 0 Å². The standard InChI is InChI=1S/C13H19ClN2O/c1-4-10(5-2)9(3)16-13(17)11-7-6-8-15-12(11)14/h6-10H,4-5H2,1-3H3,(H,16,17). The highest BCUT2D eigenvalue weighted by atomic mass is 35.5. The Morgan fingerprint density at radius 3 is 2.65 bits per heavy atom. The van der Waals surface area contributed by atoms with Crippen LogP contribution >= 0.6 is 11.6 Å². The first-order chi connectivity index (χ1) is 8.10. The van der Waals surface area contributed by atoms with Crippen molar-refractivity contribution in [1.82, 2.24) is 10.3 Å². The fourth-order valence-electron chi connectivity index (χ4n) is 1.95. The second-order valence-electron chi connectivity index (χ2n) is 4.18. The quantitative estimate of drug-likeness (QED) is 0.820. The van der Waals surface area contributed by atoms with Crippen LogP contribution in [0.4, 0.5) is 0 Å². The lowest BCUT2D eigenvalue weighted by molar-refractivity contribution is 0.0925. The fraction of sp³-hybridized carbons (Fsp3) is 0.538. The Hall–Kier alpha value is -1.09. The largest absolute Gasteiger partial charge is 0.349 e. The number of nitrogens with zero attached hydrogens (tertiary/aromatic N) is 1. The van der Waals surface area contributed by atoms with E-state index in [1.165, 1.54) is 0 Å². The number of nitrogens with one attached hydrogen (secondary N) is 1. The summed E-state index contributed by atoms with van der Waals surface area (Å²) in [6.45, 7) is 6.29. The molecule has 4 heteroatoms. The minimum absolute atomic E-state index is 0.147. The van der Waals surface area contributed by atoms with Gasteiger partial charge in [0, 0.05) is 12.2 Å². The molecule has 0 aromatic carbocycles. The fourth-order valence-corrected chi connectivity index (χ4v) is 2.16. The first kappa shape index (κ1) is 14.0. The maximum absolute atomic E-state index is 12.0. The van der Waals surface area contributed by atoms with E-state index in [2.05, 4.69) is 24.1 Å². The van der Waals surface area contributed by atoms with Gasteiger partial charge in [0.25, 0.3) is 5.91 Å². The lowest BCUT2D eigenvalue weighted by atomic mass is 9.95. The molecule has 0 spiro atoms. The van der Waals surface area contributed by atoms with Crippen LogP contribution < -0.4 is 5.32 Å². The van der Waals surface area contributed by atoms with Gasteiger partial charge in [-0.25, -0.2) is 4.98 Å². The van der Waals surface area contributed by atoms with Crippen molar-refractivity contribution in [2.75, 3.05) is 0 Å². The molecule has 0 aliphatic carbocycles. The number of carbonyl (C=O) groups is 1. The van der Waals surface area contributed by atoms with Crippen molar-refractivity contribution >= 4 is 17.5 Å². The Morgan fingerprint density at radius 2 is 2.12 bits per heavy atom. The number of rotatable bonds is 5. The summed E-state index contributed by atoms with van der Waals surface area (Å²) in [7, 11) is 0. The van der Waals surface area contributed by atoms with Gasteiger partial charge in [0.05, 0.1) is 5.56 Å². The van der Waals surface area contributed by atoms with Crippen molar-refractivity contribution in [3.05, 3.63) is 29.0 Å². The van der Waals surface area contributed by atoms with Gasteiger partial charge in [-0.1, -0.05) is 38.3 Å². The molecule has 0 radical (unpaired) electrons.